The van der Waals surface area contributed by atoms with Gasteiger partial charge in [-0.2, -0.15) is 5.10 Å². The molecule has 0 amide bonds. The number of H-pyrrole nitrogens is 2. The lowest BCUT2D eigenvalue weighted by Gasteiger charge is -2.15. The molecular formula is C28H25N7O2. The third-order valence-electron chi connectivity index (χ3n) is 6.90. The Labute approximate surface area is 212 Å². The molecule has 0 saturated carbocycles. The number of fused-ring (bicyclic) bond motifs is 2. The molecule has 5 aromatic heterocycles. The summed E-state index contributed by atoms with van der Waals surface area (Å²) in [7, 11) is 0. The third kappa shape index (κ3) is 4.13. The van der Waals surface area contributed by atoms with Gasteiger partial charge in [-0.15, -0.1) is 0 Å². The van der Waals surface area contributed by atoms with E-state index >= 15 is 0 Å². The number of benzene rings is 1. The number of rotatable bonds is 7. The van der Waals surface area contributed by atoms with E-state index in [0.717, 1.165) is 62.3 Å². The largest absolute Gasteiger partial charge is 0.492 e. The predicted octanol–water partition coefficient (Wildman–Crippen LogP) is 5.30. The number of imidazole rings is 1. The zero-order valence-corrected chi connectivity index (χ0v) is 20.1. The number of ether oxygens (including phenoxy) is 1. The van der Waals surface area contributed by atoms with E-state index in [4.69, 9.17) is 14.1 Å². The minimum Gasteiger partial charge on any atom is -0.492 e. The molecule has 37 heavy (non-hydrogen) atoms. The maximum absolute atomic E-state index is 6.06. The average molecular weight is 492 g/mol. The Bertz CT molecular complexity index is 1680. The Morgan fingerprint density at radius 3 is 2.84 bits per heavy atom. The van der Waals surface area contributed by atoms with E-state index in [1.54, 1.807) is 24.9 Å². The van der Waals surface area contributed by atoms with E-state index in [9.17, 15) is 0 Å². The second kappa shape index (κ2) is 9.18. The van der Waals surface area contributed by atoms with Crippen molar-refractivity contribution in [3.63, 3.8) is 0 Å². The monoisotopic (exact) mass is 491 g/mol. The number of hydrogen-bond donors (Lipinski definition) is 2. The molecule has 1 aliphatic rings. The van der Waals surface area contributed by atoms with Crippen LogP contribution in [-0.2, 0) is 0 Å². The van der Waals surface area contributed by atoms with Crippen LogP contribution >= 0.6 is 0 Å². The molecule has 2 N–H and O–H groups in total. The molecule has 1 aliphatic heterocycles. The second-order valence-corrected chi connectivity index (χ2v) is 9.29. The van der Waals surface area contributed by atoms with Crippen molar-refractivity contribution in [1.82, 2.24) is 35.0 Å². The summed E-state index contributed by atoms with van der Waals surface area (Å²) in [6.07, 6.45) is 11.3. The van der Waals surface area contributed by atoms with Gasteiger partial charge in [0.25, 0.3) is 0 Å². The Balaban J connectivity index is 1.20. The zero-order valence-electron chi connectivity index (χ0n) is 20.1. The van der Waals surface area contributed by atoms with Crippen molar-refractivity contribution in [3.8, 4) is 39.7 Å². The smallest absolute Gasteiger partial charge is 0.159 e. The van der Waals surface area contributed by atoms with Gasteiger partial charge in [0.2, 0.25) is 0 Å². The van der Waals surface area contributed by atoms with E-state index in [1.165, 1.54) is 25.9 Å². The van der Waals surface area contributed by atoms with Crippen LogP contribution in [0.1, 0.15) is 12.8 Å². The van der Waals surface area contributed by atoms with Crippen molar-refractivity contribution in [2.24, 2.45) is 0 Å². The van der Waals surface area contributed by atoms with Crippen LogP contribution in [0.4, 0.5) is 0 Å². The molecule has 9 heteroatoms. The highest BCUT2D eigenvalue weighted by molar-refractivity contribution is 5.97. The Morgan fingerprint density at radius 2 is 1.95 bits per heavy atom. The fraction of sp³-hybridized carbons (Fsp3) is 0.214. The van der Waals surface area contributed by atoms with Crippen molar-refractivity contribution in [3.05, 3.63) is 67.5 Å². The molecule has 0 unspecified atom stereocenters. The number of likely N-dealkylation sites (tertiary alicyclic amines) is 1. The van der Waals surface area contributed by atoms with Gasteiger partial charge in [0.05, 0.1) is 41.6 Å². The number of nitrogens with zero attached hydrogens (tertiary/aromatic N) is 5. The minimum absolute atomic E-state index is 0.662. The zero-order chi connectivity index (χ0) is 24.6. The summed E-state index contributed by atoms with van der Waals surface area (Å²) in [6.45, 7) is 3.99. The first-order valence-corrected chi connectivity index (χ1v) is 12.5. The van der Waals surface area contributed by atoms with Gasteiger partial charge in [0.15, 0.2) is 5.82 Å². The highest BCUT2D eigenvalue weighted by Crippen LogP contribution is 2.32. The van der Waals surface area contributed by atoms with Crippen LogP contribution in [0.2, 0.25) is 0 Å². The molecule has 1 aromatic carbocycles. The minimum atomic E-state index is 0.662. The van der Waals surface area contributed by atoms with Gasteiger partial charge >= 0.3 is 0 Å². The maximum Gasteiger partial charge on any atom is 0.159 e. The van der Waals surface area contributed by atoms with Gasteiger partial charge in [0, 0.05) is 34.8 Å². The highest BCUT2D eigenvalue weighted by Gasteiger charge is 2.17. The molecule has 1 fully saturated rings. The lowest BCUT2D eigenvalue weighted by atomic mass is 10.1. The first-order valence-electron chi connectivity index (χ1n) is 12.5. The van der Waals surface area contributed by atoms with E-state index in [-0.39, 0.29) is 0 Å². The molecule has 6 aromatic rings. The van der Waals surface area contributed by atoms with Gasteiger partial charge in [-0.3, -0.25) is 20.0 Å². The summed E-state index contributed by atoms with van der Waals surface area (Å²) >= 11 is 0. The topological polar surface area (TPSA) is 109 Å². The number of pyridine rings is 2. The quantitative estimate of drug-likeness (QED) is 0.312. The fourth-order valence-electron chi connectivity index (χ4n) is 4.97. The number of hydrogen-bond acceptors (Lipinski definition) is 7. The van der Waals surface area contributed by atoms with Gasteiger partial charge in [0.1, 0.15) is 23.6 Å². The van der Waals surface area contributed by atoms with Crippen LogP contribution in [0.25, 0.3) is 55.8 Å². The van der Waals surface area contributed by atoms with Gasteiger partial charge in [-0.1, -0.05) is 12.1 Å². The van der Waals surface area contributed by atoms with E-state index in [1.807, 2.05) is 42.6 Å². The molecule has 1 saturated heterocycles. The number of aromatic nitrogens is 6. The van der Waals surface area contributed by atoms with Crippen molar-refractivity contribution in [2.75, 3.05) is 26.2 Å². The molecule has 6 heterocycles. The summed E-state index contributed by atoms with van der Waals surface area (Å²) < 4.78 is 11.3. The lowest BCUT2D eigenvalue weighted by Crippen LogP contribution is -2.25. The van der Waals surface area contributed by atoms with Gasteiger partial charge < -0.3 is 14.1 Å². The summed E-state index contributed by atoms with van der Waals surface area (Å²) in [5, 5.41) is 8.57. The maximum atomic E-state index is 6.06. The van der Waals surface area contributed by atoms with Crippen molar-refractivity contribution >= 4 is 21.9 Å². The van der Waals surface area contributed by atoms with Crippen LogP contribution in [0.5, 0.6) is 5.75 Å². The van der Waals surface area contributed by atoms with Gasteiger partial charge in [-0.05, 0) is 50.2 Å². The molecule has 0 atom stereocenters. The molecule has 0 radical (unpaired) electrons. The van der Waals surface area contributed by atoms with Crippen LogP contribution < -0.4 is 4.74 Å². The predicted molar refractivity (Wildman–Crippen MR) is 141 cm³/mol. The van der Waals surface area contributed by atoms with Crippen molar-refractivity contribution < 1.29 is 9.15 Å². The number of aromatic amines is 2. The Morgan fingerprint density at radius 1 is 1.00 bits per heavy atom. The third-order valence-corrected chi connectivity index (χ3v) is 6.90. The highest BCUT2D eigenvalue weighted by atomic mass is 16.5. The fourth-order valence-corrected chi connectivity index (χ4v) is 4.97. The second-order valence-electron chi connectivity index (χ2n) is 9.29. The Hall–Kier alpha value is -4.50. The molecular weight excluding hydrogens is 466 g/mol. The summed E-state index contributed by atoms with van der Waals surface area (Å²) in [6, 6.07) is 12.0. The number of nitrogens with one attached hydrogen (secondary N) is 2. The van der Waals surface area contributed by atoms with Crippen molar-refractivity contribution in [2.45, 2.75) is 12.8 Å². The average Bonchev–Trinajstić information content (AvgIpc) is 3.74. The molecule has 0 spiro atoms. The first kappa shape index (κ1) is 21.8. The summed E-state index contributed by atoms with van der Waals surface area (Å²) in [4.78, 5) is 19.7. The number of furan rings is 1. The molecule has 7 rings (SSSR count). The molecule has 184 valence electrons. The molecule has 9 nitrogen and oxygen atoms in total. The summed E-state index contributed by atoms with van der Waals surface area (Å²) in [5.41, 5.74) is 6.88. The van der Waals surface area contributed by atoms with E-state index in [0.29, 0.717) is 12.4 Å². The van der Waals surface area contributed by atoms with Crippen molar-refractivity contribution in [1.29, 1.82) is 0 Å². The van der Waals surface area contributed by atoms with E-state index in [2.05, 4.69) is 30.0 Å². The first-order chi connectivity index (χ1) is 18.3. The Kier molecular flexibility index (Phi) is 5.40. The van der Waals surface area contributed by atoms with Gasteiger partial charge in [-0.25, -0.2) is 4.98 Å². The summed E-state index contributed by atoms with van der Waals surface area (Å²) in [5.74, 6) is 1.51. The lowest BCUT2D eigenvalue weighted by molar-refractivity contribution is 0.238. The van der Waals surface area contributed by atoms with Crippen LogP contribution in [0.3, 0.4) is 0 Å². The van der Waals surface area contributed by atoms with Crippen LogP contribution in [0.15, 0.2) is 71.9 Å². The molecule has 0 aliphatic carbocycles. The normalized spacial score (nSPS) is 14.2. The SMILES string of the molecule is c1cc(OCCN2CCCC2)cc(-c2cc3c(-c4nc5c(-c6ccoc6)cncc5[nH]4)n[nH]c3cn2)c1. The van der Waals surface area contributed by atoms with Crippen LogP contribution in [0, 0.1) is 0 Å². The van der Waals surface area contributed by atoms with E-state index < -0.39 is 0 Å². The van der Waals surface area contributed by atoms with Crippen LogP contribution in [-0.4, -0.2) is 61.3 Å². The molecule has 0 bridgehead atoms. The standard InChI is InChI=1S/C28H25N7O2/c1-2-8-35(7-1)9-11-37-20-5-3-4-18(12-20)23-13-21-24(16-30-23)33-34-27(21)28-31-25-15-29-14-22(26(25)32-28)19-6-10-36-17-19/h3-6,10,12-17H,1-2,7-9,11H2,(H,31,32)(H,33,34).